The highest BCUT2D eigenvalue weighted by Gasteiger charge is 2.26. The van der Waals surface area contributed by atoms with E-state index in [1.807, 2.05) is 41.9 Å². The first-order valence-corrected chi connectivity index (χ1v) is 8.85. The van der Waals surface area contributed by atoms with Gasteiger partial charge in [0.1, 0.15) is 17.1 Å². The lowest BCUT2D eigenvalue weighted by molar-refractivity contribution is 0.432. The van der Waals surface area contributed by atoms with E-state index in [9.17, 15) is 9.90 Å². The molecule has 4 rings (SSSR count). The Morgan fingerprint density at radius 2 is 2.15 bits per heavy atom. The molecule has 0 bridgehead atoms. The number of nitrogens with one attached hydrogen (secondary N) is 1. The van der Waals surface area contributed by atoms with Crippen LogP contribution in [0.5, 0.6) is 5.75 Å². The van der Waals surface area contributed by atoms with E-state index in [0.29, 0.717) is 23.6 Å². The molecule has 7 heteroatoms. The number of hydrogen-bond acceptors (Lipinski definition) is 6. The second kappa shape index (κ2) is 6.75. The van der Waals surface area contributed by atoms with Gasteiger partial charge in [0.25, 0.3) is 0 Å². The highest BCUT2D eigenvalue weighted by molar-refractivity contribution is 6.05. The molecule has 0 saturated heterocycles. The van der Waals surface area contributed by atoms with Gasteiger partial charge in [0.2, 0.25) is 0 Å². The fourth-order valence-corrected chi connectivity index (χ4v) is 3.42. The maximum atomic E-state index is 12.5. The summed E-state index contributed by atoms with van der Waals surface area (Å²) in [6.45, 7) is 4.38. The summed E-state index contributed by atoms with van der Waals surface area (Å²) >= 11 is 0. The SMILES string of the molecule is CCn1nccc1[C@@H]1CC(c2c(O)cc(C)oc2=O)=Nc2ccccc2N1. The Labute approximate surface area is 156 Å². The summed E-state index contributed by atoms with van der Waals surface area (Å²) in [7, 11) is 0. The predicted octanol–water partition coefficient (Wildman–Crippen LogP) is 3.55. The van der Waals surface area contributed by atoms with E-state index in [1.165, 1.54) is 6.07 Å². The highest BCUT2D eigenvalue weighted by Crippen LogP contribution is 2.36. The molecule has 2 aromatic heterocycles. The number of nitrogens with zero attached hydrogens (tertiary/aromatic N) is 3. The largest absolute Gasteiger partial charge is 0.507 e. The van der Waals surface area contributed by atoms with Crippen molar-refractivity contribution in [2.24, 2.45) is 4.99 Å². The van der Waals surface area contributed by atoms with Crippen molar-refractivity contribution >= 4 is 17.1 Å². The van der Waals surface area contributed by atoms with Crippen molar-refractivity contribution in [2.75, 3.05) is 5.32 Å². The van der Waals surface area contributed by atoms with E-state index >= 15 is 0 Å². The Hall–Kier alpha value is -3.35. The zero-order valence-electron chi connectivity index (χ0n) is 15.1. The van der Waals surface area contributed by atoms with Crippen LogP contribution < -0.4 is 10.9 Å². The number of benzene rings is 1. The molecule has 1 aliphatic rings. The summed E-state index contributed by atoms with van der Waals surface area (Å²) in [6, 6.07) is 10.9. The van der Waals surface area contributed by atoms with E-state index < -0.39 is 5.63 Å². The van der Waals surface area contributed by atoms with Crippen molar-refractivity contribution in [1.82, 2.24) is 9.78 Å². The normalized spacial score (nSPS) is 16.2. The van der Waals surface area contributed by atoms with Crippen LogP contribution in [-0.2, 0) is 6.54 Å². The van der Waals surface area contributed by atoms with Gasteiger partial charge in [-0.25, -0.2) is 4.79 Å². The minimum absolute atomic E-state index is 0.103. The number of fused-ring (bicyclic) bond motifs is 1. The van der Waals surface area contributed by atoms with Crippen LogP contribution in [-0.4, -0.2) is 20.6 Å². The Morgan fingerprint density at radius 1 is 1.33 bits per heavy atom. The molecule has 2 N–H and O–H groups in total. The Kier molecular flexibility index (Phi) is 4.27. The monoisotopic (exact) mass is 364 g/mol. The Morgan fingerprint density at radius 3 is 2.93 bits per heavy atom. The average molecular weight is 364 g/mol. The van der Waals surface area contributed by atoms with Crippen molar-refractivity contribution in [3.8, 4) is 5.75 Å². The smallest absolute Gasteiger partial charge is 0.348 e. The maximum absolute atomic E-state index is 12.5. The number of aromatic hydroxyl groups is 1. The molecular weight excluding hydrogens is 344 g/mol. The molecule has 1 atom stereocenters. The fraction of sp³-hybridized carbons (Fsp3) is 0.250. The number of rotatable bonds is 3. The molecule has 3 aromatic rings. The van der Waals surface area contributed by atoms with Gasteiger partial charge in [-0.1, -0.05) is 12.1 Å². The molecule has 138 valence electrons. The highest BCUT2D eigenvalue weighted by atomic mass is 16.4. The van der Waals surface area contributed by atoms with Crippen LogP contribution in [0.3, 0.4) is 0 Å². The van der Waals surface area contributed by atoms with Crippen LogP contribution in [0.15, 0.2) is 56.8 Å². The van der Waals surface area contributed by atoms with Crippen LogP contribution in [0, 0.1) is 6.92 Å². The van der Waals surface area contributed by atoms with Gasteiger partial charge in [-0.05, 0) is 32.0 Å². The van der Waals surface area contributed by atoms with Gasteiger partial charge >= 0.3 is 5.63 Å². The lowest BCUT2D eigenvalue weighted by Crippen LogP contribution is -2.21. The van der Waals surface area contributed by atoms with Crippen LogP contribution >= 0.6 is 0 Å². The Balaban J connectivity index is 1.88. The van der Waals surface area contributed by atoms with Crippen molar-refractivity contribution in [2.45, 2.75) is 32.9 Å². The van der Waals surface area contributed by atoms with Crippen LogP contribution in [0.2, 0.25) is 0 Å². The summed E-state index contributed by atoms with van der Waals surface area (Å²) in [6.07, 6.45) is 2.16. The van der Waals surface area contributed by atoms with E-state index in [-0.39, 0.29) is 17.4 Å². The number of aliphatic imine (C=N–C) groups is 1. The first kappa shape index (κ1) is 17.1. The molecular formula is C20H20N4O3. The zero-order valence-corrected chi connectivity index (χ0v) is 15.1. The first-order valence-electron chi connectivity index (χ1n) is 8.85. The van der Waals surface area contributed by atoms with E-state index in [1.54, 1.807) is 13.1 Å². The lowest BCUT2D eigenvalue weighted by Gasteiger charge is -2.20. The summed E-state index contributed by atoms with van der Waals surface area (Å²) in [5.41, 5.74) is 2.54. The summed E-state index contributed by atoms with van der Waals surface area (Å²) in [5, 5.41) is 18.2. The predicted molar refractivity (Wildman–Crippen MR) is 103 cm³/mol. The third kappa shape index (κ3) is 3.12. The van der Waals surface area contributed by atoms with Gasteiger partial charge in [0.05, 0.1) is 28.8 Å². The standard InChI is InChI=1S/C20H20N4O3/c1-3-24-17(8-9-21-24)15-11-16(19-18(25)10-12(2)27-20(19)26)23-14-7-5-4-6-13(14)22-15/h4-10,15,22,25H,3,11H2,1-2H3/t15-/m0/s1. The van der Waals surface area contributed by atoms with E-state index in [4.69, 9.17) is 4.42 Å². The quantitative estimate of drug-likeness (QED) is 0.741. The van der Waals surface area contributed by atoms with Gasteiger partial charge in [-0.3, -0.25) is 9.67 Å². The molecule has 0 spiro atoms. The van der Waals surface area contributed by atoms with Crippen molar-refractivity contribution in [3.63, 3.8) is 0 Å². The molecule has 3 heterocycles. The summed E-state index contributed by atoms with van der Waals surface area (Å²) in [5.74, 6) is 0.235. The molecule has 0 aliphatic carbocycles. The van der Waals surface area contributed by atoms with Crippen LogP contribution in [0.4, 0.5) is 11.4 Å². The van der Waals surface area contributed by atoms with Gasteiger partial charge < -0.3 is 14.8 Å². The molecule has 1 aromatic carbocycles. The average Bonchev–Trinajstić information content (AvgIpc) is 3.02. The van der Waals surface area contributed by atoms with Crippen molar-refractivity contribution in [1.29, 1.82) is 0 Å². The first-order chi connectivity index (χ1) is 13.1. The third-order valence-corrected chi connectivity index (χ3v) is 4.64. The van der Waals surface area contributed by atoms with E-state index in [0.717, 1.165) is 17.9 Å². The van der Waals surface area contributed by atoms with Gasteiger partial charge in [0, 0.05) is 25.2 Å². The molecule has 0 saturated carbocycles. The van der Waals surface area contributed by atoms with E-state index in [2.05, 4.69) is 15.4 Å². The molecule has 0 radical (unpaired) electrons. The topological polar surface area (TPSA) is 92.6 Å². The minimum Gasteiger partial charge on any atom is -0.507 e. The summed E-state index contributed by atoms with van der Waals surface area (Å²) < 4.78 is 7.11. The lowest BCUT2D eigenvalue weighted by atomic mass is 10.0. The van der Waals surface area contributed by atoms with Crippen LogP contribution in [0.25, 0.3) is 0 Å². The molecule has 0 unspecified atom stereocenters. The minimum atomic E-state index is -0.589. The number of para-hydroxylation sites is 2. The fourth-order valence-electron chi connectivity index (χ4n) is 3.42. The van der Waals surface area contributed by atoms with Gasteiger partial charge in [-0.2, -0.15) is 5.10 Å². The number of aromatic nitrogens is 2. The number of hydrogen-bond donors (Lipinski definition) is 2. The second-order valence-electron chi connectivity index (χ2n) is 6.45. The summed E-state index contributed by atoms with van der Waals surface area (Å²) in [4.78, 5) is 17.1. The van der Waals surface area contributed by atoms with Gasteiger partial charge in [0.15, 0.2) is 0 Å². The van der Waals surface area contributed by atoms with Gasteiger partial charge in [-0.15, -0.1) is 0 Å². The Bertz CT molecular complexity index is 1080. The number of anilines is 1. The molecule has 1 aliphatic heterocycles. The second-order valence-corrected chi connectivity index (χ2v) is 6.45. The molecule has 7 nitrogen and oxygen atoms in total. The molecule has 0 fully saturated rings. The van der Waals surface area contributed by atoms with Crippen molar-refractivity contribution in [3.05, 3.63) is 70.0 Å². The zero-order chi connectivity index (χ0) is 19.0. The molecule has 27 heavy (non-hydrogen) atoms. The van der Waals surface area contributed by atoms with Crippen molar-refractivity contribution < 1.29 is 9.52 Å². The number of aryl methyl sites for hydroxylation is 2. The third-order valence-electron chi connectivity index (χ3n) is 4.64. The van der Waals surface area contributed by atoms with Crippen LogP contribution in [0.1, 0.15) is 36.4 Å². The molecule has 0 amide bonds. The maximum Gasteiger partial charge on any atom is 0.348 e.